The summed E-state index contributed by atoms with van der Waals surface area (Å²) in [4.78, 5) is 54.3. The summed E-state index contributed by atoms with van der Waals surface area (Å²) in [6, 6.07) is -3.04. The molecule has 0 aromatic carbocycles. The van der Waals surface area contributed by atoms with Gasteiger partial charge in [-0.1, -0.05) is 0 Å². The van der Waals surface area contributed by atoms with Crippen LogP contribution in [0.15, 0.2) is 12.5 Å². The molecule has 0 bridgehead atoms. The summed E-state index contributed by atoms with van der Waals surface area (Å²) < 4.78 is 0. The number of carbonyl (C=O) groups excluding carboxylic acids is 3. The number of H-pyrrole nitrogens is 1. The van der Waals surface area contributed by atoms with Crippen molar-refractivity contribution < 1.29 is 24.3 Å². The van der Waals surface area contributed by atoms with E-state index in [1.54, 1.807) is 0 Å². The third kappa shape index (κ3) is 9.24. The maximum Gasteiger partial charge on any atom is 0.326 e. The third-order valence-corrected chi connectivity index (χ3v) is 4.52. The summed E-state index contributed by atoms with van der Waals surface area (Å²) in [5, 5.41) is 16.4. The second-order valence-corrected chi connectivity index (χ2v) is 6.96. The molecule has 3 unspecified atom stereocenters. The van der Waals surface area contributed by atoms with E-state index in [1.807, 2.05) is 0 Å². The molecule has 9 N–H and O–H groups in total. The molecule has 0 aliphatic rings. The average Bonchev–Trinajstić information content (AvgIpc) is 3.22. The summed E-state index contributed by atoms with van der Waals surface area (Å²) in [6.07, 6.45) is 4.61. The number of imidazole rings is 1. The smallest absolute Gasteiger partial charge is 0.326 e. The van der Waals surface area contributed by atoms with Gasteiger partial charge in [-0.3, -0.25) is 14.4 Å². The molecule has 0 fully saturated rings. The number of nitrogens with zero attached hydrogens (tertiary/aromatic N) is 1. The number of aromatic amines is 1. The zero-order valence-electron chi connectivity index (χ0n) is 16.5. The van der Waals surface area contributed by atoms with Crippen LogP contribution in [0.25, 0.3) is 0 Å². The van der Waals surface area contributed by atoms with Crippen molar-refractivity contribution in [2.75, 3.05) is 18.8 Å². The van der Waals surface area contributed by atoms with E-state index in [2.05, 4.69) is 38.5 Å². The highest BCUT2D eigenvalue weighted by Crippen LogP contribution is 2.02. The summed E-state index contributed by atoms with van der Waals surface area (Å²) in [7, 11) is 0. The molecule has 30 heavy (non-hydrogen) atoms. The van der Waals surface area contributed by atoms with Crippen molar-refractivity contribution in [3.63, 3.8) is 0 Å². The number of nitrogens with two attached hydrogens (primary N) is 2. The van der Waals surface area contributed by atoms with Crippen molar-refractivity contribution in [1.29, 1.82) is 0 Å². The molecular weight excluding hydrogens is 414 g/mol. The number of thiol groups is 1. The molecule has 13 heteroatoms. The summed E-state index contributed by atoms with van der Waals surface area (Å²) in [6.45, 7) is 0.0266. The van der Waals surface area contributed by atoms with Gasteiger partial charge in [0.1, 0.15) is 12.1 Å². The Morgan fingerprint density at radius 2 is 1.90 bits per heavy atom. The average molecular weight is 444 g/mol. The largest absolute Gasteiger partial charge is 0.480 e. The number of aromatic nitrogens is 2. The van der Waals surface area contributed by atoms with E-state index >= 15 is 0 Å². The molecule has 3 atom stereocenters. The number of carbonyl (C=O) groups is 4. The lowest BCUT2D eigenvalue weighted by molar-refractivity contribution is -0.142. The predicted molar refractivity (Wildman–Crippen MR) is 112 cm³/mol. The molecule has 3 amide bonds. The van der Waals surface area contributed by atoms with E-state index in [4.69, 9.17) is 11.5 Å². The molecular formula is C17H29N7O5S. The molecule has 168 valence electrons. The standard InChI is InChI=1S/C17H29N7O5S/c18-4-2-1-3-12(17(28)29)24-16(27)13(8-30)23-14(25)7-21-15(26)11(19)5-10-6-20-9-22-10/h6,9,11-13,30H,1-5,7-8,18-19H2,(H,20,22)(H,21,26)(H,23,25)(H,24,27)(H,28,29). The molecule has 1 rings (SSSR count). The number of carboxylic acids is 1. The first kappa shape index (κ1) is 25.4. The Bertz CT molecular complexity index is 701. The van der Waals surface area contributed by atoms with Gasteiger partial charge in [0.05, 0.1) is 18.9 Å². The van der Waals surface area contributed by atoms with Gasteiger partial charge in [-0.2, -0.15) is 12.6 Å². The quantitative estimate of drug-likeness (QED) is 0.114. The zero-order chi connectivity index (χ0) is 22.5. The van der Waals surface area contributed by atoms with Gasteiger partial charge >= 0.3 is 5.97 Å². The Kier molecular flexibility index (Phi) is 11.5. The monoisotopic (exact) mass is 443 g/mol. The fourth-order valence-electron chi connectivity index (χ4n) is 2.49. The minimum absolute atomic E-state index is 0.0556. The van der Waals surface area contributed by atoms with E-state index in [0.717, 1.165) is 0 Å². The predicted octanol–water partition coefficient (Wildman–Crippen LogP) is -2.49. The van der Waals surface area contributed by atoms with Crippen LogP contribution in [0.3, 0.4) is 0 Å². The lowest BCUT2D eigenvalue weighted by Gasteiger charge is -2.20. The number of hydrogen-bond donors (Lipinski definition) is 8. The molecule has 0 saturated heterocycles. The topological polar surface area (TPSA) is 205 Å². The van der Waals surface area contributed by atoms with E-state index in [1.165, 1.54) is 12.5 Å². The zero-order valence-corrected chi connectivity index (χ0v) is 17.4. The van der Waals surface area contributed by atoms with Gasteiger partial charge in [-0.25, -0.2) is 9.78 Å². The van der Waals surface area contributed by atoms with Crippen LogP contribution in [0.4, 0.5) is 0 Å². The highest BCUT2D eigenvalue weighted by Gasteiger charge is 2.25. The maximum atomic E-state index is 12.3. The summed E-state index contributed by atoms with van der Waals surface area (Å²) in [5.41, 5.74) is 11.8. The van der Waals surface area contributed by atoms with Crippen LogP contribution in [0.2, 0.25) is 0 Å². The fraction of sp³-hybridized carbons (Fsp3) is 0.588. The van der Waals surface area contributed by atoms with E-state index in [-0.39, 0.29) is 18.6 Å². The number of rotatable bonds is 14. The SMILES string of the molecule is NCCCCC(NC(=O)C(CS)NC(=O)CNC(=O)C(N)Cc1cnc[nH]1)C(=O)O. The molecule has 1 heterocycles. The Balaban J connectivity index is 2.47. The second kappa shape index (κ2) is 13.6. The van der Waals surface area contributed by atoms with Gasteiger partial charge in [-0.05, 0) is 25.8 Å². The van der Waals surface area contributed by atoms with E-state index in [9.17, 15) is 24.3 Å². The van der Waals surface area contributed by atoms with Crippen molar-refractivity contribution in [3.05, 3.63) is 18.2 Å². The van der Waals surface area contributed by atoms with Gasteiger partial charge in [0.15, 0.2) is 0 Å². The number of unbranched alkanes of at least 4 members (excludes halogenated alkanes) is 1. The minimum atomic E-state index is -1.18. The molecule has 0 aliphatic carbocycles. The van der Waals surface area contributed by atoms with Crippen LogP contribution >= 0.6 is 12.6 Å². The van der Waals surface area contributed by atoms with Crippen molar-refractivity contribution >= 4 is 36.3 Å². The van der Waals surface area contributed by atoms with Crippen LogP contribution in [0.1, 0.15) is 25.0 Å². The van der Waals surface area contributed by atoms with Gasteiger partial charge in [0.25, 0.3) is 0 Å². The highest BCUT2D eigenvalue weighted by molar-refractivity contribution is 7.80. The van der Waals surface area contributed by atoms with Gasteiger partial charge < -0.3 is 37.5 Å². The Morgan fingerprint density at radius 1 is 1.17 bits per heavy atom. The van der Waals surface area contributed by atoms with Crippen molar-refractivity contribution in [3.8, 4) is 0 Å². The van der Waals surface area contributed by atoms with Crippen molar-refractivity contribution in [2.45, 2.75) is 43.8 Å². The summed E-state index contributed by atoms with van der Waals surface area (Å²) in [5.74, 6) is -3.09. The first-order valence-corrected chi connectivity index (χ1v) is 10.1. The lowest BCUT2D eigenvalue weighted by Crippen LogP contribution is -2.54. The normalized spacial score (nSPS) is 13.7. The lowest BCUT2D eigenvalue weighted by atomic mass is 10.1. The molecule has 12 nitrogen and oxygen atoms in total. The molecule has 1 aromatic heterocycles. The molecule has 1 aromatic rings. The molecule has 0 spiro atoms. The number of amides is 3. The molecule has 0 aliphatic heterocycles. The summed E-state index contributed by atoms with van der Waals surface area (Å²) >= 11 is 4.02. The first-order chi connectivity index (χ1) is 14.3. The van der Waals surface area contributed by atoms with Gasteiger partial charge in [0, 0.05) is 24.1 Å². The highest BCUT2D eigenvalue weighted by atomic mass is 32.1. The van der Waals surface area contributed by atoms with Crippen LogP contribution < -0.4 is 27.4 Å². The minimum Gasteiger partial charge on any atom is -0.480 e. The Hall–Kier alpha value is -2.64. The fourth-order valence-corrected chi connectivity index (χ4v) is 2.74. The number of hydrogen-bond acceptors (Lipinski definition) is 8. The first-order valence-electron chi connectivity index (χ1n) is 9.42. The maximum absolute atomic E-state index is 12.3. The number of nitrogens with one attached hydrogen (secondary N) is 4. The van der Waals surface area contributed by atoms with E-state index < -0.39 is 48.4 Å². The molecule has 0 radical (unpaired) electrons. The van der Waals surface area contributed by atoms with Gasteiger partial charge in [0.2, 0.25) is 17.7 Å². The number of carboxylic acid groups (broad SMARTS) is 1. The van der Waals surface area contributed by atoms with Gasteiger partial charge in [-0.15, -0.1) is 0 Å². The second-order valence-electron chi connectivity index (χ2n) is 6.59. The van der Waals surface area contributed by atoms with Crippen molar-refractivity contribution in [2.24, 2.45) is 11.5 Å². The van der Waals surface area contributed by atoms with Crippen LogP contribution in [-0.2, 0) is 25.6 Å². The Labute approximate surface area is 179 Å². The van der Waals surface area contributed by atoms with Crippen LogP contribution in [0, 0.1) is 0 Å². The Morgan fingerprint density at radius 3 is 2.47 bits per heavy atom. The molecule has 0 saturated carbocycles. The van der Waals surface area contributed by atoms with Crippen LogP contribution in [-0.4, -0.2) is 75.7 Å². The van der Waals surface area contributed by atoms with E-state index in [0.29, 0.717) is 25.1 Å². The third-order valence-electron chi connectivity index (χ3n) is 4.15. The van der Waals surface area contributed by atoms with Crippen molar-refractivity contribution in [1.82, 2.24) is 25.9 Å². The number of aliphatic carboxylic acids is 1. The van der Waals surface area contributed by atoms with Crippen LogP contribution in [0.5, 0.6) is 0 Å².